The Morgan fingerprint density at radius 3 is 2.30 bits per heavy atom. The van der Waals surface area contributed by atoms with Gasteiger partial charge in [-0.15, -0.1) is 0 Å². The lowest BCUT2D eigenvalue weighted by atomic mass is 10.1. The zero-order valence-electron chi connectivity index (χ0n) is 14.8. The second-order valence-electron chi connectivity index (χ2n) is 6.95. The highest BCUT2D eigenvalue weighted by atomic mass is 19.4. The van der Waals surface area contributed by atoms with Gasteiger partial charge in [0.1, 0.15) is 5.82 Å². The van der Waals surface area contributed by atoms with Crippen molar-refractivity contribution in [2.75, 3.05) is 26.2 Å². The Bertz CT molecular complexity index is 878. The Hall–Kier alpha value is -2.38. The number of H-pyrrole nitrogens is 1. The summed E-state index contributed by atoms with van der Waals surface area (Å²) in [6.07, 6.45) is -4.29. The van der Waals surface area contributed by atoms with Crippen LogP contribution in [0.1, 0.15) is 17.0 Å². The SMILES string of the molecule is FC(F)(F)c1cccc(CN2CCN(Cc3nc4ccccc4[nH]3)CC2)c1. The fourth-order valence-electron chi connectivity index (χ4n) is 3.50. The normalized spacial score (nSPS) is 16.9. The molecule has 142 valence electrons. The van der Waals surface area contributed by atoms with E-state index in [0.717, 1.165) is 55.6 Å². The Balaban J connectivity index is 1.32. The van der Waals surface area contributed by atoms with Crippen LogP contribution in [0.25, 0.3) is 11.0 Å². The van der Waals surface area contributed by atoms with Gasteiger partial charge in [0, 0.05) is 32.7 Å². The fraction of sp³-hybridized carbons (Fsp3) is 0.350. The standard InChI is InChI=1S/C20H21F3N4/c21-20(22,23)16-5-3-4-15(12-16)13-26-8-10-27(11-9-26)14-19-24-17-6-1-2-7-18(17)25-19/h1-7,12H,8-11,13-14H2,(H,24,25). The van der Waals surface area contributed by atoms with E-state index >= 15 is 0 Å². The zero-order valence-corrected chi connectivity index (χ0v) is 14.8. The third-order valence-corrected chi connectivity index (χ3v) is 4.94. The zero-order chi connectivity index (χ0) is 18.9. The number of halogens is 3. The van der Waals surface area contributed by atoms with Gasteiger partial charge >= 0.3 is 6.18 Å². The van der Waals surface area contributed by atoms with Crippen LogP contribution < -0.4 is 0 Å². The van der Waals surface area contributed by atoms with Crippen LogP contribution in [0, 0.1) is 0 Å². The highest BCUT2D eigenvalue weighted by Gasteiger charge is 2.30. The number of benzene rings is 2. The Kier molecular flexibility index (Phi) is 4.88. The molecule has 0 unspecified atom stereocenters. The predicted molar refractivity (Wildman–Crippen MR) is 98.1 cm³/mol. The van der Waals surface area contributed by atoms with Crippen molar-refractivity contribution in [2.24, 2.45) is 0 Å². The molecule has 0 bridgehead atoms. The number of fused-ring (bicyclic) bond motifs is 1. The minimum absolute atomic E-state index is 0.544. The Labute approximate surface area is 155 Å². The van der Waals surface area contributed by atoms with Crippen molar-refractivity contribution >= 4 is 11.0 Å². The van der Waals surface area contributed by atoms with Gasteiger partial charge in [-0.25, -0.2) is 4.98 Å². The number of hydrogen-bond donors (Lipinski definition) is 1. The third kappa shape index (κ3) is 4.31. The molecule has 0 spiro atoms. The molecule has 27 heavy (non-hydrogen) atoms. The molecule has 4 nitrogen and oxygen atoms in total. The number of para-hydroxylation sites is 2. The summed E-state index contributed by atoms with van der Waals surface area (Å²) in [5.41, 5.74) is 2.13. The van der Waals surface area contributed by atoms with Gasteiger partial charge in [-0.1, -0.05) is 30.3 Å². The summed E-state index contributed by atoms with van der Waals surface area (Å²) >= 11 is 0. The summed E-state index contributed by atoms with van der Waals surface area (Å²) in [7, 11) is 0. The van der Waals surface area contributed by atoms with Gasteiger partial charge in [0.25, 0.3) is 0 Å². The van der Waals surface area contributed by atoms with Gasteiger partial charge in [-0.05, 0) is 23.8 Å². The molecule has 1 saturated heterocycles. The van der Waals surface area contributed by atoms with Crippen molar-refractivity contribution in [2.45, 2.75) is 19.3 Å². The van der Waals surface area contributed by atoms with Gasteiger partial charge in [0.15, 0.2) is 0 Å². The van der Waals surface area contributed by atoms with Crippen molar-refractivity contribution in [3.8, 4) is 0 Å². The van der Waals surface area contributed by atoms with Gasteiger partial charge in [-0.2, -0.15) is 13.2 Å². The van der Waals surface area contributed by atoms with Crippen LogP contribution in [-0.2, 0) is 19.3 Å². The second kappa shape index (κ2) is 7.32. The molecule has 1 aliphatic heterocycles. The lowest BCUT2D eigenvalue weighted by molar-refractivity contribution is -0.137. The number of nitrogens with zero attached hydrogens (tertiary/aromatic N) is 3. The van der Waals surface area contributed by atoms with Crippen molar-refractivity contribution in [3.63, 3.8) is 0 Å². The lowest BCUT2D eigenvalue weighted by Gasteiger charge is -2.34. The van der Waals surface area contributed by atoms with E-state index in [-0.39, 0.29) is 0 Å². The molecule has 0 radical (unpaired) electrons. The molecule has 0 amide bonds. The number of nitrogens with one attached hydrogen (secondary N) is 1. The first-order valence-electron chi connectivity index (χ1n) is 9.02. The number of piperazine rings is 1. The van der Waals surface area contributed by atoms with Crippen molar-refractivity contribution in [1.82, 2.24) is 19.8 Å². The highest BCUT2D eigenvalue weighted by Crippen LogP contribution is 2.29. The minimum Gasteiger partial charge on any atom is -0.341 e. The van der Waals surface area contributed by atoms with E-state index in [4.69, 9.17) is 0 Å². The molecular weight excluding hydrogens is 353 g/mol. The summed E-state index contributed by atoms with van der Waals surface area (Å²) in [5, 5.41) is 0. The number of imidazole rings is 1. The smallest absolute Gasteiger partial charge is 0.341 e. The summed E-state index contributed by atoms with van der Waals surface area (Å²) in [5.74, 6) is 0.947. The number of aromatic amines is 1. The molecule has 1 aromatic heterocycles. The molecule has 1 N–H and O–H groups in total. The first-order chi connectivity index (χ1) is 13.0. The maximum atomic E-state index is 12.9. The fourth-order valence-corrected chi connectivity index (χ4v) is 3.50. The van der Waals surface area contributed by atoms with Crippen LogP contribution in [0.5, 0.6) is 0 Å². The molecule has 1 aliphatic rings. The molecule has 0 aliphatic carbocycles. The lowest BCUT2D eigenvalue weighted by Crippen LogP contribution is -2.45. The van der Waals surface area contributed by atoms with E-state index in [2.05, 4.69) is 19.8 Å². The van der Waals surface area contributed by atoms with E-state index in [9.17, 15) is 13.2 Å². The molecule has 1 fully saturated rings. The quantitative estimate of drug-likeness (QED) is 0.752. The van der Waals surface area contributed by atoms with Crippen LogP contribution >= 0.6 is 0 Å². The summed E-state index contributed by atoms with van der Waals surface area (Å²) < 4.78 is 38.6. The van der Waals surface area contributed by atoms with Gasteiger partial charge in [0.2, 0.25) is 0 Å². The van der Waals surface area contributed by atoms with Crippen LogP contribution in [-0.4, -0.2) is 45.9 Å². The van der Waals surface area contributed by atoms with Gasteiger partial charge in [-0.3, -0.25) is 9.80 Å². The van der Waals surface area contributed by atoms with Crippen LogP contribution in [0.15, 0.2) is 48.5 Å². The average molecular weight is 374 g/mol. The number of rotatable bonds is 4. The number of hydrogen-bond acceptors (Lipinski definition) is 3. The van der Waals surface area contributed by atoms with Gasteiger partial charge in [0.05, 0.1) is 23.1 Å². The second-order valence-corrected chi connectivity index (χ2v) is 6.95. The Morgan fingerprint density at radius 2 is 1.59 bits per heavy atom. The average Bonchev–Trinajstić information content (AvgIpc) is 3.05. The molecule has 0 atom stereocenters. The summed E-state index contributed by atoms with van der Waals surface area (Å²) in [6.45, 7) is 4.70. The molecule has 4 rings (SSSR count). The molecule has 2 heterocycles. The van der Waals surface area contributed by atoms with Crippen LogP contribution in [0.3, 0.4) is 0 Å². The highest BCUT2D eigenvalue weighted by molar-refractivity contribution is 5.74. The topological polar surface area (TPSA) is 35.2 Å². The van der Waals surface area contributed by atoms with E-state index in [1.54, 1.807) is 6.07 Å². The van der Waals surface area contributed by atoms with Crippen molar-refractivity contribution in [3.05, 3.63) is 65.5 Å². The van der Waals surface area contributed by atoms with Crippen LogP contribution in [0.4, 0.5) is 13.2 Å². The molecular formula is C20H21F3N4. The van der Waals surface area contributed by atoms with E-state index in [1.165, 1.54) is 12.1 Å². The maximum absolute atomic E-state index is 12.9. The maximum Gasteiger partial charge on any atom is 0.416 e. The molecule has 3 aromatic rings. The van der Waals surface area contributed by atoms with E-state index < -0.39 is 11.7 Å². The summed E-state index contributed by atoms with van der Waals surface area (Å²) in [4.78, 5) is 12.5. The molecule has 2 aromatic carbocycles. The number of aromatic nitrogens is 2. The van der Waals surface area contributed by atoms with Gasteiger partial charge < -0.3 is 4.98 Å². The van der Waals surface area contributed by atoms with Crippen molar-refractivity contribution < 1.29 is 13.2 Å². The van der Waals surface area contributed by atoms with E-state index in [1.807, 2.05) is 24.3 Å². The summed E-state index contributed by atoms with van der Waals surface area (Å²) in [6, 6.07) is 13.6. The predicted octanol–water partition coefficient (Wildman–Crippen LogP) is 3.90. The molecule has 7 heteroatoms. The largest absolute Gasteiger partial charge is 0.416 e. The monoisotopic (exact) mass is 374 g/mol. The third-order valence-electron chi connectivity index (χ3n) is 4.94. The molecule has 0 saturated carbocycles. The first-order valence-corrected chi connectivity index (χ1v) is 9.02. The first kappa shape index (κ1) is 18.0. The minimum atomic E-state index is -4.29. The van der Waals surface area contributed by atoms with Crippen molar-refractivity contribution in [1.29, 1.82) is 0 Å². The van der Waals surface area contributed by atoms with Crippen LogP contribution in [0.2, 0.25) is 0 Å². The van der Waals surface area contributed by atoms with E-state index in [0.29, 0.717) is 12.1 Å². The number of alkyl halides is 3. The Morgan fingerprint density at radius 1 is 0.889 bits per heavy atom.